The molecule has 0 fully saturated rings. The van der Waals surface area contributed by atoms with E-state index >= 15 is 0 Å². The Morgan fingerprint density at radius 2 is 1.96 bits per heavy atom. The van der Waals surface area contributed by atoms with Crippen LogP contribution in [0.5, 0.6) is 0 Å². The first kappa shape index (κ1) is 16.8. The van der Waals surface area contributed by atoms with Crippen molar-refractivity contribution in [2.75, 3.05) is 16.6 Å². The van der Waals surface area contributed by atoms with Gasteiger partial charge in [0.15, 0.2) is 5.13 Å². The van der Waals surface area contributed by atoms with Crippen molar-refractivity contribution in [3.05, 3.63) is 60.1 Å². The predicted octanol–water partition coefficient (Wildman–Crippen LogP) is 4.35. The molecule has 5 nitrogen and oxygen atoms in total. The molecular weight excluding hydrogens is 366 g/mol. The summed E-state index contributed by atoms with van der Waals surface area (Å²) in [5.41, 5.74) is 1.52. The van der Waals surface area contributed by atoms with Crippen LogP contribution in [0.25, 0.3) is 10.2 Å². The molecule has 0 aliphatic heterocycles. The minimum Gasteiger partial charge on any atom is -0.382 e. The zero-order valence-corrected chi connectivity index (χ0v) is 14.9. The molecule has 0 saturated heterocycles. The van der Waals surface area contributed by atoms with Crippen molar-refractivity contribution in [2.24, 2.45) is 0 Å². The van der Waals surface area contributed by atoms with E-state index in [4.69, 9.17) is 11.6 Å². The Hall–Kier alpha value is -2.09. The second-order valence-electron chi connectivity index (χ2n) is 4.93. The largest absolute Gasteiger partial charge is 0.382 e. The standard InChI is InChI=1S/C16H14ClN3O2S2/c1-2-9-18-12-4-6-13(7-5-12)24(21,22)20-16-19-14-8-3-11(17)10-15(14)23-16/h2-8,10,18H,1,9H2,(H,19,20). The minimum absolute atomic E-state index is 0.170. The Morgan fingerprint density at radius 1 is 1.21 bits per heavy atom. The third-order valence-electron chi connectivity index (χ3n) is 3.19. The lowest BCUT2D eigenvalue weighted by molar-refractivity contribution is 0.601. The molecule has 0 bridgehead atoms. The maximum Gasteiger partial charge on any atom is 0.263 e. The first-order valence-electron chi connectivity index (χ1n) is 7.02. The quantitative estimate of drug-likeness (QED) is 0.624. The van der Waals surface area contributed by atoms with Crippen molar-refractivity contribution >= 4 is 54.0 Å². The first-order valence-corrected chi connectivity index (χ1v) is 9.69. The molecule has 2 N–H and O–H groups in total. The molecule has 0 radical (unpaired) electrons. The normalized spacial score (nSPS) is 11.4. The molecule has 124 valence electrons. The molecule has 3 aromatic rings. The van der Waals surface area contributed by atoms with Gasteiger partial charge in [0.1, 0.15) is 0 Å². The van der Waals surface area contributed by atoms with Crippen LogP contribution in [0.4, 0.5) is 10.8 Å². The highest BCUT2D eigenvalue weighted by Gasteiger charge is 2.16. The summed E-state index contributed by atoms with van der Waals surface area (Å²) in [6.07, 6.45) is 1.73. The van der Waals surface area contributed by atoms with Crippen LogP contribution in [-0.2, 0) is 10.0 Å². The van der Waals surface area contributed by atoms with E-state index in [0.717, 1.165) is 10.4 Å². The molecule has 1 aromatic heterocycles. The van der Waals surface area contributed by atoms with Crippen molar-refractivity contribution < 1.29 is 8.42 Å². The topological polar surface area (TPSA) is 71.1 Å². The van der Waals surface area contributed by atoms with Gasteiger partial charge in [-0.3, -0.25) is 4.72 Å². The Labute approximate surface area is 149 Å². The summed E-state index contributed by atoms with van der Waals surface area (Å²) < 4.78 is 28.3. The molecule has 0 aliphatic rings. The Balaban J connectivity index is 1.82. The zero-order chi connectivity index (χ0) is 17.2. The molecule has 3 rings (SSSR count). The Bertz CT molecular complexity index is 982. The van der Waals surface area contributed by atoms with Crippen molar-refractivity contribution in [2.45, 2.75) is 4.90 Å². The van der Waals surface area contributed by atoms with E-state index in [-0.39, 0.29) is 4.90 Å². The predicted molar refractivity (Wildman–Crippen MR) is 101 cm³/mol. The Kier molecular flexibility index (Phi) is 4.75. The summed E-state index contributed by atoms with van der Waals surface area (Å²) in [6, 6.07) is 11.7. The van der Waals surface area contributed by atoms with Gasteiger partial charge in [-0.1, -0.05) is 29.0 Å². The van der Waals surface area contributed by atoms with Gasteiger partial charge >= 0.3 is 0 Å². The monoisotopic (exact) mass is 379 g/mol. The lowest BCUT2D eigenvalue weighted by Gasteiger charge is -2.07. The highest BCUT2D eigenvalue weighted by molar-refractivity contribution is 7.93. The SMILES string of the molecule is C=CCNc1ccc(S(=O)(=O)Nc2nc3ccc(Cl)cc3s2)cc1. The molecule has 24 heavy (non-hydrogen) atoms. The third-order valence-corrected chi connectivity index (χ3v) is 5.84. The number of nitrogens with zero attached hydrogens (tertiary/aromatic N) is 1. The summed E-state index contributed by atoms with van der Waals surface area (Å²) >= 11 is 7.17. The smallest absolute Gasteiger partial charge is 0.263 e. The summed E-state index contributed by atoms with van der Waals surface area (Å²) in [5.74, 6) is 0. The summed E-state index contributed by atoms with van der Waals surface area (Å²) in [5, 5.41) is 3.98. The fourth-order valence-corrected chi connectivity index (χ4v) is 4.43. The van der Waals surface area contributed by atoms with Crippen LogP contribution in [0, 0.1) is 0 Å². The van der Waals surface area contributed by atoms with Crippen molar-refractivity contribution in [1.82, 2.24) is 4.98 Å². The minimum atomic E-state index is -3.69. The number of nitrogens with one attached hydrogen (secondary N) is 2. The number of rotatable bonds is 6. The van der Waals surface area contributed by atoms with Gasteiger partial charge in [0.05, 0.1) is 15.1 Å². The van der Waals surface area contributed by atoms with Gasteiger partial charge in [-0.15, -0.1) is 6.58 Å². The maximum absolute atomic E-state index is 12.5. The number of sulfonamides is 1. The molecule has 2 aromatic carbocycles. The first-order chi connectivity index (χ1) is 11.5. The fourth-order valence-electron chi connectivity index (χ4n) is 2.06. The molecule has 8 heteroatoms. The van der Waals surface area contributed by atoms with Crippen molar-refractivity contribution in [3.63, 3.8) is 0 Å². The van der Waals surface area contributed by atoms with Gasteiger partial charge in [0.25, 0.3) is 10.0 Å². The summed E-state index contributed by atoms with van der Waals surface area (Å²) in [7, 11) is -3.69. The molecular formula is C16H14ClN3O2S2. The van der Waals surface area contributed by atoms with E-state index in [1.807, 2.05) is 0 Å². The third kappa shape index (κ3) is 3.69. The lowest BCUT2D eigenvalue weighted by atomic mass is 10.3. The van der Waals surface area contributed by atoms with Gasteiger partial charge in [-0.05, 0) is 42.5 Å². The molecule has 0 spiro atoms. The number of fused-ring (bicyclic) bond motifs is 1. The van der Waals surface area contributed by atoms with Gasteiger partial charge in [-0.2, -0.15) is 0 Å². The van der Waals surface area contributed by atoms with Crippen LogP contribution < -0.4 is 10.0 Å². The van der Waals surface area contributed by atoms with Crippen LogP contribution in [0.1, 0.15) is 0 Å². The van der Waals surface area contributed by atoms with Crippen LogP contribution >= 0.6 is 22.9 Å². The van der Waals surface area contributed by atoms with E-state index in [9.17, 15) is 8.42 Å². The molecule has 0 amide bonds. The lowest BCUT2D eigenvalue weighted by Crippen LogP contribution is -2.12. The van der Waals surface area contributed by atoms with Crippen LogP contribution in [-0.4, -0.2) is 19.9 Å². The van der Waals surface area contributed by atoms with E-state index in [1.165, 1.54) is 23.5 Å². The van der Waals surface area contributed by atoms with Crippen LogP contribution in [0.2, 0.25) is 5.02 Å². The Morgan fingerprint density at radius 3 is 2.67 bits per heavy atom. The number of hydrogen-bond donors (Lipinski definition) is 2. The molecule has 0 saturated carbocycles. The van der Waals surface area contributed by atoms with Gasteiger partial charge < -0.3 is 5.32 Å². The average Bonchev–Trinajstić information content (AvgIpc) is 2.93. The number of anilines is 2. The second kappa shape index (κ2) is 6.80. The van der Waals surface area contributed by atoms with Gasteiger partial charge in [0.2, 0.25) is 0 Å². The van der Waals surface area contributed by atoms with Gasteiger partial charge in [0, 0.05) is 17.3 Å². The van der Waals surface area contributed by atoms with E-state index in [2.05, 4.69) is 21.6 Å². The molecule has 0 unspecified atom stereocenters. The van der Waals surface area contributed by atoms with E-state index in [0.29, 0.717) is 22.2 Å². The number of thiazole rings is 1. The van der Waals surface area contributed by atoms with Crippen LogP contribution in [0.15, 0.2) is 60.0 Å². The summed E-state index contributed by atoms with van der Waals surface area (Å²) in [6.45, 7) is 4.23. The number of hydrogen-bond acceptors (Lipinski definition) is 5. The number of halogens is 1. The highest BCUT2D eigenvalue weighted by Crippen LogP contribution is 2.29. The maximum atomic E-state index is 12.5. The zero-order valence-electron chi connectivity index (χ0n) is 12.5. The molecule has 1 heterocycles. The fraction of sp³-hybridized carbons (Fsp3) is 0.0625. The molecule has 0 atom stereocenters. The second-order valence-corrected chi connectivity index (χ2v) is 8.08. The van der Waals surface area contributed by atoms with E-state index < -0.39 is 10.0 Å². The number of aromatic nitrogens is 1. The number of benzene rings is 2. The van der Waals surface area contributed by atoms with Crippen molar-refractivity contribution in [3.8, 4) is 0 Å². The molecule has 0 aliphatic carbocycles. The average molecular weight is 380 g/mol. The summed E-state index contributed by atoms with van der Waals surface area (Å²) in [4.78, 5) is 4.44. The van der Waals surface area contributed by atoms with Crippen LogP contribution in [0.3, 0.4) is 0 Å². The van der Waals surface area contributed by atoms with E-state index in [1.54, 1.807) is 36.4 Å². The van der Waals surface area contributed by atoms with Gasteiger partial charge in [-0.25, -0.2) is 13.4 Å². The van der Waals surface area contributed by atoms with Crippen molar-refractivity contribution in [1.29, 1.82) is 0 Å². The highest BCUT2D eigenvalue weighted by atomic mass is 35.5.